The molecule has 0 aliphatic rings. The van der Waals surface area contributed by atoms with Gasteiger partial charge in [-0.25, -0.2) is 4.68 Å². The predicted molar refractivity (Wildman–Crippen MR) is 55.1 cm³/mol. The zero-order valence-corrected chi connectivity index (χ0v) is 8.94. The molecular formula is C10H14N4. The van der Waals surface area contributed by atoms with E-state index in [0.717, 1.165) is 16.7 Å². The van der Waals surface area contributed by atoms with Crippen molar-refractivity contribution in [3.63, 3.8) is 0 Å². The number of hydrogen-bond acceptors (Lipinski definition) is 3. The van der Waals surface area contributed by atoms with Gasteiger partial charge in [-0.2, -0.15) is 0 Å². The van der Waals surface area contributed by atoms with Gasteiger partial charge in [0.1, 0.15) is 5.52 Å². The molecule has 0 radical (unpaired) electrons. The smallest absolute Gasteiger partial charge is 0.131 e. The average Bonchev–Trinajstić information content (AvgIpc) is 2.45. The van der Waals surface area contributed by atoms with Crippen LogP contribution in [0, 0.1) is 6.92 Å². The number of aryl methyl sites for hydroxylation is 1. The van der Waals surface area contributed by atoms with Gasteiger partial charge in [-0.05, 0) is 33.8 Å². The van der Waals surface area contributed by atoms with Crippen molar-refractivity contribution < 1.29 is 0 Å². The van der Waals surface area contributed by atoms with E-state index >= 15 is 0 Å². The Morgan fingerprint density at radius 3 is 2.64 bits per heavy atom. The highest BCUT2D eigenvalue weighted by Gasteiger charge is 2.17. The number of hydrogen-bond donors (Lipinski definition) is 0. The fourth-order valence-corrected chi connectivity index (χ4v) is 1.42. The summed E-state index contributed by atoms with van der Waals surface area (Å²) in [5.74, 6) is 0. The molecule has 0 atom stereocenters. The Hall–Kier alpha value is -1.45. The first-order valence-electron chi connectivity index (χ1n) is 4.67. The molecule has 74 valence electrons. The van der Waals surface area contributed by atoms with Crippen LogP contribution in [0.4, 0.5) is 0 Å². The molecule has 0 N–H and O–H groups in total. The Kier molecular flexibility index (Phi) is 1.80. The molecule has 0 bridgehead atoms. The van der Waals surface area contributed by atoms with Gasteiger partial charge in [0.2, 0.25) is 0 Å². The first kappa shape index (κ1) is 9.12. The second-order valence-corrected chi connectivity index (χ2v) is 4.49. The molecule has 0 spiro atoms. The van der Waals surface area contributed by atoms with E-state index in [1.165, 1.54) is 0 Å². The largest absolute Gasteiger partial charge is 0.259 e. The summed E-state index contributed by atoms with van der Waals surface area (Å²) in [6.07, 6.45) is 1.76. The summed E-state index contributed by atoms with van der Waals surface area (Å²) >= 11 is 0. The number of aromatic nitrogens is 4. The Morgan fingerprint density at radius 1 is 1.29 bits per heavy atom. The van der Waals surface area contributed by atoms with E-state index in [0.29, 0.717) is 0 Å². The highest BCUT2D eigenvalue weighted by atomic mass is 15.4. The first-order valence-corrected chi connectivity index (χ1v) is 4.67. The molecule has 0 unspecified atom stereocenters. The lowest BCUT2D eigenvalue weighted by Gasteiger charge is -2.19. The van der Waals surface area contributed by atoms with Crippen molar-refractivity contribution in [2.75, 3.05) is 0 Å². The summed E-state index contributed by atoms with van der Waals surface area (Å²) in [5.41, 5.74) is 2.85. The van der Waals surface area contributed by atoms with Crippen LogP contribution in [0.15, 0.2) is 12.3 Å². The third-order valence-corrected chi connectivity index (χ3v) is 2.10. The van der Waals surface area contributed by atoms with Crippen LogP contribution in [-0.2, 0) is 5.54 Å². The predicted octanol–water partition coefficient (Wildman–Crippen LogP) is 1.89. The van der Waals surface area contributed by atoms with Gasteiger partial charge in [0, 0.05) is 5.69 Å². The minimum atomic E-state index is -0.0391. The van der Waals surface area contributed by atoms with Gasteiger partial charge in [0.05, 0.1) is 17.3 Å². The van der Waals surface area contributed by atoms with Gasteiger partial charge in [0.15, 0.2) is 0 Å². The van der Waals surface area contributed by atoms with E-state index in [4.69, 9.17) is 0 Å². The topological polar surface area (TPSA) is 43.6 Å². The zero-order valence-electron chi connectivity index (χ0n) is 8.94. The maximum atomic E-state index is 4.19. The van der Waals surface area contributed by atoms with Crippen LogP contribution in [0.3, 0.4) is 0 Å². The van der Waals surface area contributed by atoms with Crippen molar-refractivity contribution in [3.05, 3.63) is 18.0 Å². The molecule has 14 heavy (non-hydrogen) atoms. The summed E-state index contributed by atoms with van der Waals surface area (Å²) in [7, 11) is 0. The number of pyridine rings is 1. The number of nitrogens with zero attached hydrogens (tertiary/aromatic N) is 4. The Morgan fingerprint density at radius 2 is 2.00 bits per heavy atom. The van der Waals surface area contributed by atoms with E-state index in [9.17, 15) is 0 Å². The van der Waals surface area contributed by atoms with Crippen molar-refractivity contribution >= 4 is 11.0 Å². The van der Waals surface area contributed by atoms with Gasteiger partial charge in [0.25, 0.3) is 0 Å². The Balaban J connectivity index is 2.73. The lowest BCUT2D eigenvalue weighted by Crippen LogP contribution is -2.23. The standard InChI is InChI=1S/C10H14N4/c1-7-5-9-8(6-11-7)12-13-14(9)10(2,3)4/h5-6H,1-4H3. The van der Waals surface area contributed by atoms with Crippen LogP contribution < -0.4 is 0 Å². The number of fused-ring (bicyclic) bond motifs is 1. The van der Waals surface area contributed by atoms with Crippen LogP contribution in [0.2, 0.25) is 0 Å². The summed E-state index contributed by atoms with van der Waals surface area (Å²) in [5, 5.41) is 8.21. The van der Waals surface area contributed by atoms with Crippen LogP contribution in [0.5, 0.6) is 0 Å². The molecule has 0 aliphatic carbocycles. The molecule has 2 heterocycles. The average molecular weight is 190 g/mol. The fraction of sp³-hybridized carbons (Fsp3) is 0.500. The molecule has 4 heteroatoms. The molecule has 2 aromatic rings. The van der Waals surface area contributed by atoms with Crippen molar-refractivity contribution in [3.8, 4) is 0 Å². The van der Waals surface area contributed by atoms with Gasteiger partial charge in [-0.15, -0.1) is 5.10 Å². The molecular weight excluding hydrogens is 176 g/mol. The quantitative estimate of drug-likeness (QED) is 0.637. The van der Waals surface area contributed by atoms with Crippen LogP contribution in [-0.4, -0.2) is 20.0 Å². The molecule has 2 rings (SSSR count). The third kappa shape index (κ3) is 1.36. The zero-order chi connectivity index (χ0) is 10.3. The van der Waals surface area contributed by atoms with E-state index in [1.807, 2.05) is 17.7 Å². The SMILES string of the molecule is Cc1cc2c(cn1)nnn2C(C)(C)C. The summed E-state index contributed by atoms with van der Waals surface area (Å²) in [6, 6.07) is 2.01. The van der Waals surface area contributed by atoms with Crippen molar-refractivity contribution in [1.29, 1.82) is 0 Å². The van der Waals surface area contributed by atoms with E-state index in [1.54, 1.807) is 6.20 Å². The third-order valence-electron chi connectivity index (χ3n) is 2.10. The maximum absolute atomic E-state index is 4.19. The van der Waals surface area contributed by atoms with Crippen LogP contribution in [0.1, 0.15) is 26.5 Å². The second-order valence-electron chi connectivity index (χ2n) is 4.49. The first-order chi connectivity index (χ1) is 6.48. The van der Waals surface area contributed by atoms with Crippen LogP contribution in [0.25, 0.3) is 11.0 Å². The molecule has 0 saturated carbocycles. The Labute approximate surface area is 83.0 Å². The maximum Gasteiger partial charge on any atom is 0.131 e. The lowest BCUT2D eigenvalue weighted by atomic mass is 10.1. The van der Waals surface area contributed by atoms with E-state index in [2.05, 4.69) is 36.1 Å². The molecule has 4 nitrogen and oxygen atoms in total. The van der Waals surface area contributed by atoms with Gasteiger partial charge >= 0.3 is 0 Å². The number of rotatable bonds is 0. The minimum Gasteiger partial charge on any atom is -0.259 e. The fourth-order valence-electron chi connectivity index (χ4n) is 1.42. The molecule has 0 aromatic carbocycles. The minimum absolute atomic E-state index is 0.0391. The van der Waals surface area contributed by atoms with Gasteiger partial charge < -0.3 is 0 Å². The summed E-state index contributed by atoms with van der Waals surface area (Å²) in [4.78, 5) is 4.19. The molecule has 0 amide bonds. The highest BCUT2D eigenvalue weighted by Crippen LogP contribution is 2.19. The van der Waals surface area contributed by atoms with Crippen molar-refractivity contribution in [1.82, 2.24) is 20.0 Å². The van der Waals surface area contributed by atoms with Crippen molar-refractivity contribution in [2.45, 2.75) is 33.2 Å². The normalized spacial score (nSPS) is 12.3. The lowest BCUT2D eigenvalue weighted by molar-refractivity contribution is 0.358. The van der Waals surface area contributed by atoms with Gasteiger partial charge in [-0.3, -0.25) is 4.98 Å². The Bertz CT molecular complexity index is 464. The summed E-state index contributed by atoms with van der Waals surface area (Å²) < 4.78 is 1.93. The molecule has 0 fully saturated rings. The highest BCUT2D eigenvalue weighted by molar-refractivity contribution is 5.73. The molecule has 0 aliphatic heterocycles. The molecule has 2 aromatic heterocycles. The van der Waals surface area contributed by atoms with E-state index < -0.39 is 0 Å². The summed E-state index contributed by atoms with van der Waals surface area (Å²) in [6.45, 7) is 8.30. The van der Waals surface area contributed by atoms with E-state index in [-0.39, 0.29) is 5.54 Å². The van der Waals surface area contributed by atoms with Crippen LogP contribution >= 0.6 is 0 Å². The van der Waals surface area contributed by atoms with Crippen molar-refractivity contribution in [2.24, 2.45) is 0 Å². The monoisotopic (exact) mass is 190 g/mol. The molecule has 0 saturated heterocycles. The van der Waals surface area contributed by atoms with Gasteiger partial charge in [-0.1, -0.05) is 5.21 Å². The second kappa shape index (κ2) is 2.77.